The smallest absolute Gasteiger partial charge is 0.185 e. The Balaban J connectivity index is 1.76. The highest BCUT2D eigenvalue weighted by Crippen LogP contribution is 2.36. The molecule has 1 aromatic rings. The molecule has 0 aromatic carbocycles. The van der Waals surface area contributed by atoms with Crippen molar-refractivity contribution in [3.05, 3.63) is 24.3 Å². The molecular formula is C14H19N3O. The van der Waals surface area contributed by atoms with Gasteiger partial charge in [0.1, 0.15) is 5.69 Å². The largest absolute Gasteiger partial charge is 0.300 e. The second-order valence-corrected chi connectivity index (χ2v) is 5.53. The van der Waals surface area contributed by atoms with Crippen LogP contribution in [0.15, 0.2) is 18.6 Å². The van der Waals surface area contributed by atoms with Gasteiger partial charge in [0.05, 0.1) is 6.20 Å². The van der Waals surface area contributed by atoms with Crippen molar-refractivity contribution in [2.45, 2.75) is 44.2 Å². The molecule has 0 amide bonds. The number of carbonyl (C=O) groups is 1. The predicted octanol–water partition coefficient (Wildman–Crippen LogP) is 1.92. The zero-order chi connectivity index (χ0) is 12.5. The number of fused-ring (bicyclic) bond motifs is 2. The lowest BCUT2D eigenvalue weighted by Gasteiger charge is -2.46. The number of piperidine rings is 2. The average Bonchev–Trinajstić information content (AvgIpc) is 2.38. The Morgan fingerprint density at radius 3 is 2.61 bits per heavy atom. The van der Waals surface area contributed by atoms with Gasteiger partial charge in [-0.1, -0.05) is 6.42 Å². The molecule has 2 saturated heterocycles. The number of carbonyl (C=O) groups excluding carboxylic acids is 1. The zero-order valence-corrected chi connectivity index (χ0v) is 10.7. The van der Waals surface area contributed by atoms with E-state index >= 15 is 0 Å². The maximum Gasteiger partial charge on any atom is 0.185 e. The zero-order valence-electron chi connectivity index (χ0n) is 10.7. The summed E-state index contributed by atoms with van der Waals surface area (Å²) in [6.07, 6.45) is 10.6. The molecule has 0 saturated carbocycles. The fourth-order valence-electron chi connectivity index (χ4n) is 3.47. The van der Waals surface area contributed by atoms with Crippen LogP contribution < -0.4 is 0 Å². The Labute approximate surface area is 107 Å². The van der Waals surface area contributed by atoms with Gasteiger partial charge in [0.15, 0.2) is 5.78 Å². The van der Waals surface area contributed by atoms with Crippen LogP contribution in [0.1, 0.15) is 42.6 Å². The fraction of sp³-hybridized carbons (Fsp3) is 0.643. The van der Waals surface area contributed by atoms with Gasteiger partial charge >= 0.3 is 0 Å². The summed E-state index contributed by atoms with van der Waals surface area (Å²) in [6, 6.07) is 1.17. The quantitative estimate of drug-likeness (QED) is 0.747. The Hall–Kier alpha value is -1.29. The lowest BCUT2D eigenvalue weighted by molar-refractivity contribution is 0.0336. The van der Waals surface area contributed by atoms with Crippen molar-refractivity contribution in [2.75, 3.05) is 7.05 Å². The standard InChI is InChI=1S/C14H19N3O/c1-17-11-3-2-4-12(17)8-10(7-11)14(18)13-9-15-5-6-16-13/h5-6,9-12H,2-4,7-8H2,1H3. The number of nitrogens with zero attached hydrogens (tertiary/aromatic N) is 3. The maximum absolute atomic E-state index is 12.4. The summed E-state index contributed by atoms with van der Waals surface area (Å²) in [5, 5.41) is 0. The maximum atomic E-state index is 12.4. The third kappa shape index (κ3) is 2.05. The van der Waals surface area contributed by atoms with Gasteiger partial charge in [0.2, 0.25) is 0 Å². The summed E-state index contributed by atoms with van der Waals surface area (Å²) in [7, 11) is 2.21. The molecule has 2 bridgehead atoms. The summed E-state index contributed by atoms with van der Waals surface area (Å²) in [5.41, 5.74) is 0.533. The van der Waals surface area contributed by atoms with E-state index in [0.29, 0.717) is 17.8 Å². The molecule has 2 atom stereocenters. The van der Waals surface area contributed by atoms with E-state index in [-0.39, 0.29) is 11.7 Å². The summed E-state index contributed by atoms with van der Waals surface area (Å²) in [6.45, 7) is 0. The third-order valence-corrected chi connectivity index (χ3v) is 4.53. The summed E-state index contributed by atoms with van der Waals surface area (Å²) >= 11 is 0. The van der Waals surface area contributed by atoms with Crippen LogP contribution in [0.5, 0.6) is 0 Å². The summed E-state index contributed by atoms with van der Waals surface area (Å²) in [5.74, 6) is 0.335. The van der Waals surface area contributed by atoms with Gasteiger partial charge in [-0.3, -0.25) is 9.78 Å². The highest BCUT2D eigenvalue weighted by Gasteiger charge is 2.39. The van der Waals surface area contributed by atoms with E-state index in [1.54, 1.807) is 18.6 Å². The number of hydrogen-bond acceptors (Lipinski definition) is 4. The second kappa shape index (κ2) is 4.76. The first-order valence-electron chi connectivity index (χ1n) is 6.78. The van der Waals surface area contributed by atoms with Crippen molar-refractivity contribution in [1.82, 2.24) is 14.9 Å². The predicted molar refractivity (Wildman–Crippen MR) is 68.3 cm³/mol. The molecule has 2 aliphatic rings. The second-order valence-electron chi connectivity index (χ2n) is 5.53. The first kappa shape index (κ1) is 11.8. The van der Waals surface area contributed by atoms with Crippen LogP contribution in [0.4, 0.5) is 0 Å². The first-order chi connectivity index (χ1) is 8.75. The highest BCUT2D eigenvalue weighted by molar-refractivity contribution is 5.95. The minimum Gasteiger partial charge on any atom is -0.300 e. The third-order valence-electron chi connectivity index (χ3n) is 4.53. The molecule has 3 heterocycles. The molecule has 3 rings (SSSR count). The molecule has 96 valence electrons. The van der Waals surface area contributed by atoms with E-state index in [9.17, 15) is 4.79 Å². The number of aromatic nitrogens is 2. The molecule has 18 heavy (non-hydrogen) atoms. The first-order valence-corrected chi connectivity index (χ1v) is 6.78. The van der Waals surface area contributed by atoms with Gasteiger partial charge in [0.25, 0.3) is 0 Å². The number of ketones is 1. The van der Waals surface area contributed by atoms with Crippen molar-refractivity contribution in [2.24, 2.45) is 5.92 Å². The van der Waals surface area contributed by atoms with Gasteiger partial charge in [0, 0.05) is 30.4 Å². The molecular weight excluding hydrogens is 226 g/mol. The van der Waals surface area contributed by atoms with Crippen molar-refractivity contribution >= 4 is 5.78 Å². The van der Waals surface area contributed by atoms with Gasteiger partial charge in [-0.05, 0) is 32.7 Å². The van der Waals surface area contributed by atoms with Gasteiger partial charge in [-0.2, -0.15) is 0 Å². The topological polar surface area (TPSA) is 46.1 Å². The lowest BCUT2D eigenvalue weighted by atomic mass is 9.76. The molecule has 0 spiro atoms. The van der Waals surface area contributed by atoms with Crippen LogP contribution in [0.3, 0.4) is 0 Å². The number of hydrogen-bond donors (Lipinski definition) is 0. The van der Waals surface area contributed by atoms with Crippen molar-refractivity contribution in [3.8, 4) is 0 Å². The molecule has 1 aromatic heterocycles. The molecule has 4 nitrogen and oxygen atoms in total. The molecule has 2 fully saturated rings. The van der Waals surface area contributed by atoms with Gasteiger partial charge in [-0.25, -0.2) is 4.98 Å². The molecule has 0 N–H and O–H groups in total. The number of rotatable bonds is 2. The normalized spacial score (nSPS) is 32.2. The molecule has 2 aliphatic heterocycles. The van der Waals surface area contributed by atoms with E-state index in [1.165, 1.54) is 19.3 Å². The Morgan fingerprint density at radius 2 is 2.00 bits per heavy atom. The van der Waals surface area contributed by atoms with Crippen LogP contribution in [-0.2, 0) is 0 Å². The van der Waals surface area contributed by atoms with E-state index in [2.05, 4.69) is 21.9 Å². The minimum atomic E-state index is 0.146. The Bertz CT molecular complexity index is 420. The van der Waals surface area contributed by atoms with Crippen LogP contribution >= 0.6 is 0 Å². The van der Waals surface area contributed by atoms with Crippen LogP contribution in [0.25, 0.3) is 0 Å². The van der Waals surface area contributed by atoms with Crippen molar-refractivity contribution < 1.29 is 4.79 Å². The van der Waals surface area contributed by atoms with Gasteiger partial charge < -0.3 is 4.90 Å². The fourth-order valence-corrected chi connectivity index (χ4v) is 3.47. The van der Waals surface area contributed by atoms with Crippen LogP contribution in [0.2, 0.25) is 0 Å². The van der Waals surface area contributed by atoms with E-state index in [4.69, 9.17) is 0 Å². The van der Waals surface area contributed by atoms with Crippen LogP contribution in [0, 0.1) is 5.92 Å². The lowest BCUT2D eigenvalue weighted by Crippen LogP contribution is -2.51. The van der Waals surface area contributed by atoms with Gasteiger partial charge in [-0.15, -0.1) is 0 Å². The SMILES string of the molecule is CN1C2CCCC1CC(C(=O)c1cnccn1)C2. The monoisotopic (exact) mass is 245 g/mol. The minimum absolute atomic E-state index is 0.146. The van der Waals surface area contributed by atoms with E-state index in [0.717, 1.165) is 12.8 Å². The van der Waals surface area contributed by atoms with Crippen molar-refractivity contribution in [1.29, 1.82) is 0 Å². The van der Waals surface area contributed by atoms with Crippen molar-refractivity contribution in [3.63, 3.8) is 0 Å². The molecule has 2 unspecified atom stereocenters. The summed E-state index contributed by atoms with van der Waals surface area (Å²) < 4.78 is 0. The van der Waals surface area contributed by atoms with Crippen LogP contribution in [-0.4, -0.2) is 39.8 Å². The number of Topliss-reactive ketones (excluding diaryl/α,β-unsaturated/α-hetero) is 1. The molecule has 0 radical (unpaired) electrons. The summed E-state index contributed by atoms with van der Waals surface area (Å²) in [4.78, 5) is 23.0. The molecule has 0 aliphatic carbocycles. The highest BCUT2D eigenvalue weighted by atomic mass is 16.1. The Kier molecular flexibility index (Phi) is 3.12. The average molecular weight is 245 g/mol. The van der Waals surface area contributed by atoms with E-state index < -0.39 is 0 Å². The molecule has 4 heteroatoms. The van der Waals surface area contributed by atoms with E-state index in [1.807, 2.05) is 0 Å². The Morgan fingerprint density at radius 1 is 1.28 bits per heavy atom.